The van der Waals surface area contributed by atoms with E-state index in [1.807, 2.05) is 4.90 Å². The number of halogens is 4. The molecule has 35 heavy (non-hydrogen) atoms. The number of piperidine rings is 1. The van der Waals surface area contributed by atoms with Crippen LogP contribution in [0.2, 0.25) is 5.02 Å². The number of nitrogens with one attached hydrogen (secondary N) is 1. The van der Waals surface area contributed by atoms with Crippen LogP contribution < -0.4 is 5.32 Å². The fourth-order valence-corrected chi connectivity index (χ4v) is 4.53. The zero-order valence-corrected chi connectivity index (χ0v) is 19.2. The molecule has 2 aliphatic rings. The first-order valence-electron chi connectivity index (χ1n) is 11.0. The van der Waals surface area contributed by atoms with E-state index in [1.54, 1.807) is 12.3 Å². The van der Waals surface area contributed by atoms with Crippen LogP contribution in [-0.2, 0) is 22.3 Å². The summed E-state index contributed by atoms with van der Waals surface area (Å²) in [6.45, 7) is 2.97. The summed E-state index contributed by atoms with van der Waals surface area (Å²) in [7, 11) is 0. The highest BCUT2D eigenvalue weighted by Crippen LogP contribution is 2.38. The highest BCUT2D eigenvalue weighted by Gasteiger charge is 2.42. The number of ether oxygens (including phenoxy) is 1. The van der Waals surface area contributed by atoms with Crippen LogP contribution in [0.15, 0.2) is 36.5 Å². The predicted molar refractivity (Wildman–Crippen MR) is 121 cm³/mol. The second-order valence-electron chi connectivity index (χ2n) is 8.95. The third-order valence-electron chi connectivity index (χ3n) is 6.45. The normalized spacial score (nSPS) is 17.4. The minimum absolute atomic E-state index is 0.0388. The molecule has 184 valence electrons. The number of carbonyl (C=O) groups is 2. The van der Waals surface area contributed by atoms with Crippen LogP contribution in [0.25, 0.3) is 10.9 Å². The summed E-state index contributed by atoms with van der Waals surface area (Å²) in [6.07, 6.45) is -1.15. The molecule has 4 heterocycles. The van der Waals surface area contributed by atoms with Crippen LogP contribution in [-0.4, -0.2) is 57.8 Å². The molecule has 12 heteroatoms. The van der Waals surface area contributed by atoms with E-state index in [0.717, 1.165) is 38.2 Å². The van der Waals surface area contributed by atoms with Gasteiger partial charge in [0.15, 0.2) is 0 Å². The lowest BCUT2D eigenvalue weighted by atomic mass is 9.77. The number of hydrogen-bond donors (Lipinski definition) is 1. The Kier molecular flexibility index (Phi) is 5.92. The number of likely N-dealkylation sites (tertiary alicyclic amines) is 1. The third-order valence-corrected chi connectivity index (χ3v) is 6.76. The van der Waals surface area contributed by atoms with Crippen molar-refractivity contribution in [3.05, 3.63) is 52.9 Å². The number of nitrogens with zero attached hydrogens (tertiary/aromatic N) is 4. The summed E-state index contributed by atoms with van der Waals surface area (Å²) >= 11 is 6.27. The van der Waals surface area contributed by atoms with Crippen molar-refractivity contribution in [1.29, 1.82) is 0 Å². The van der Waals surface area contributed by atoms with Gasteiger partial charge in [-0.15, -0.1) is 0 Å². The molecule has 0 radical (unpaired) electrons. The molecule has 2 amide bonds. The average Bonchev–Trinajstić information content (AvgIpc) is 3.18. The molecule has 5 rings (SSSR count). The zero-order valence-electron chi connectivity index (χ0n) is 18.4. The maximum atomic E-state index is 12.9. The summed E-state index contributed by atoms with van der Waals surface area (Å²) in [5.41, 5.74) is -0.615. The Bertz CT molecular complexity index is 1300. The minimum atomic E-state index is -4.67. The Hall–Kier alpha value is -3.18. The topological polar surface area (TPSA) is 89.4 Å². The number of pyridine rings is 1. The van der Waals surface area contributed by atoms with Gasteiger partial charge in [0.05, 0.1) is 29.4 Å². The largest absolute Gasteiger partial charge is 0.433 e. The first-order valence-corrected chi connectivity index (χ1v) is 11.4. The zero-order chi connectivity index (χ0) is 24.8. The molecule has 2 saturated heterocycles. The number of carbonyl (C=O) groups excluding carboxylic acids is 2. The van der Waals surface area contributed by atoms with Crippen molar-refractivity contribution in [3.8, 4) is 0 Å². The Morgan fingerprint density at radius 2 is 1.91 bits per heavy atom. The van der Waals surface area contributed by atoms with E-state index in [0.29, 0.717) is 24.0 Å². The quantitative estimate of drug-likeness (QED) is 0.576. The number of benzene rings is 1. The number of anilines is 1. The van der Waals surface area contributed by atoms with E-state index in [4.69, 9.17) is 16.3 Å². The van der Waals surface area contributed by atoms with Crippen LogP contribution in [0.5, 0.6) is 0 Å². The molecule has 1 aromatic carbocycles. The van der Waals surface area contributed by atoms with Gasteiger partial charge in [0.2, 0.25) is 5.91 Å². The van der Waals surface area contributed by atoms with Gasteiger partial charge in [0.25, 0.3) is 5.91 Å². The molecule has 3 aromatic rings. The molecule has 0 saturated carbocycles. The molecule has 1 N–H and O–H groups in total. The maximum Gasteiger partial charge on any atom is 0.433 e. The van der Waals surface area contributed by atoms with Crippen molar-refractivity contribution < 1.29 is 27.5 Å². The first-order chi connectivity index (χ1) is 16.6. The molecule has 2 aliphatic heterocycles. The van der Waals surface area contributed by atoms with Gasteiger partial charge in [-0.05, 0) is 37.1 Å². The lowest BCUT2D eigenvalue weighted by Gasteiger charge is -2.47. The Morgan fingerprint density at radius 1 is 1.17 bits per heavy atom. The van der Waals surface area contributed by atoms with Crippen molar-refractivity contribution >= 4 is 40.0 Å². The summed E-state index contributed by atoms with van der Waals surface area (Å²) in [4.78, 5) is 30.5. The van der Waals surface area contributed by atoms with Gasteiger partial charge in [-0.2, -0.15) is 18.3 Å². The number of rotatable bonds is 4. The Labute approximate surface area is 203 Å². The maximum absolute atomic E-state index is 12.9. The van der Waals surface area contributed by atoms with Crippen molar-refractivity contribution in [2.75, 3.05) is 31.6 Å². The number of amides is 2. The van der Waals surface area contributed by atoms with E-state index in [1.165, 1.54) is 16.8 Å². The van der Waals surface area contributed by atoms with E-state index < -0.39 is 23.5 Å². The first kappa shape index (κ1) is 23.6. The molecule has 0 unspecified atom stereocenters. The van der Waals surface area contributed by atoms with Gasteiger partial charge < -0.3 is 15.0 Å². The highest BCUT2D eigenvalue weighted by atomic mass is 35.5. The number of aromatic nitrogens is 3. The van der Waals surface area contributed by atoms with Crippen LogP contribution >= 0.6 is 11.6 Å². The highest BCUT2D eigenvalue weighted by molar-refractivity contribution is 6.34. The second-order valence-corrected chi connectivity index (χ2v) is 9.36. The van der Waals surface area contributed by atoms with E-state index >= 15 is 0 Å². The number of alkyl halides is 3. The number of hydrogen-bond acceptors (Lipinski definition) is 5. The van der Waals surface area contributed by atoms with Gasteiger partial charge in [-0.1, -0.05) is 17.7 Å². The monoisotopic (exact) mass is 507 g/mol. The second kappa shape index (κ2) is 8.80. The predicted octanol–water partition coefficient (Wildman–Crippen LogP) is 3.99. The standard InChI is InChI=1S/C23H21ClF3N5O3/c24-15-9-17-14(8-18(15)29-21(34)16-2-1-3-19(28-16)23(25,26)27)10-32(30-17)11-20(33)31-6-4-22(5-7-31)12-35-13-22/h1-3,8-10H,4-7,11-13H2,(H,29,34). The van der Waals surface area contributed by atoms with E-state index in [9.17, 15) is 22.8 Å². The molecule has 1 spiro atoms. The lowest BCUT2D eigenvalue weighted by Crippen LogP contribution is -2.52. The van der Waals surface area contributed by atoms with Gasteiger partial charge >= 0.3 is 6.18 Å². The van der Waals surface area contributed by atoms with Gasteiger partial charge in [0.1, 0.15) is 17.9 Å². The van der Waals surface area contributed by atoms with Gasteiger partial charge in [-0.25, -0.2) is 4.98 Å². The molecular weight excluding hydrogens is 487 g/mol. The van der Waals surface area contributed by atoms with E-state index in [-0.39, 0.29) is 28.6 Å². The Balaban J connectivity index is 1.28. The molecular formula is C23H21ClF3N5O3. The van der Waals surface area contributed by atoms with Crippen LogP contribution in [0, 0.1) is 5.41 Å². The van der Waals surface area contributed by atoms with Crippen molar-refractivity contribution in [3.63, 3.8) is 0 Å². The van der Waals surface area contributed by atoms with Crippen molar-refractivity contribution in [2.45, 2.75) is 25.6 Å². The van der Waals surface area contributed by atoms with Crippen LogP contribution in [0.1, 0.15) is 29.0 Å². The molecule has 0 aliphatic carbocycles. The van der Waals surface area contributed by atoms with Crippen LogP contribution in [0.4, 0.5) is 18.9 Å². The summed E-state index contributed by atoms with van der Waals surface area (Å²) in [5, 5.41) is 7.65. The summed E-state index contributed by atoms with van der Waals surface area (Å²) < 4.78 is 45.6. The molecule has 8 nitrogen and oxygen atoms in total. The Morgan fingerprint density at radius 3 is 2.57 bits per heavy atom. The molecule has 2 fully saturated rings. The fraction of sp³-hybridized carbons (Fsp3) is 0.391. The minimum Gasteiger partial charge on any atom is -0.380 e. The van der Waals surface area contributed by atoms with Crippen molar-refractivity contribution in [1.82, 2.24) is 19.7 Å². The smallest absolute Gasteiger partial charge is 0.380 e. The summed E-state index contributed by atoms with van der Waals surface area (Å²) in [5.74, 6) is -0.872. The van der Waals surface area contributed by atoms with Crippen LogP contribution in [0.3, 0.4) is 0 Å². The SMILES string of the molecule is O=C(Nc1cc2cn(CC(=O)N3CCC4(CC3)COC4)nc2cc1Cl)c1cccc(C(F)(F)F)n1. The molecule has 0 bridgehead atoms. The lowest BCUT2D eigenvalue weighted by molar-refractivity contribution is -0.153. The average molecular weight is 508 g/mol. The van der Waals surface area contributed by atoms with E-state index in [2.05, 4.69) is 15.4 Å². The third kappa shape index (κ3) is 4.83. The molecule has 2 aromatic heterocycles. The number of fused-ring (bicyclic) bond motifs is 1. The van der Waals surface area contributed by atoms with Crippen molar-refractivity contribution in [2.24, 2.45) is 5.41 Å². The molecule has 0 atom stereocenters. The fourth-order valence-electron chi connectivity index (χ4n) is 4.33. The summed E-state index contributed by atoms with van der Waals surface area (Å²) in [6, 6.07) is 6.15. The van der Waals surface area contributed by atoms with Gasteiger partial charge in [0, 0.05) is 30.1 Å². The van der Waals surface area contributed by atoms with Gasteiger partial charge in [-0.3, -0.25) is 14.3 Å².